The van der Waals surface area contributed by atoms with Gasteiger partial charge in [0.2, 0.25) is 5.91 Å². The van der Waals surface area contributed by atoms with Crippen molar-refractivity contribution < 1.29 is 9.53 Å². The lowest BCUT2D eigenvalue weighted by Crippen LogP contribution is -2.48. The maximum atomic E-state index is 12.5. The summed E-state index contributed by atoms with van der Waals surface area (Å²) in [6.45, 7) is 7.03. The number of carbonyl (C=O) groups is 1. The quantitative estimate of drug-likeness (QED) is 0.858. The highest BCUT2D eigenvalue weighted by Crippen LogP contribution is 2.42. The van der Waals surface area contributed by atoms with Gasteiger partial charge in [0.1, 0.15) is 21.8 Å². The zero-order chi connectivity index (χ0) is 18.0. The smallest absolute Gasteiger partial charge is 0.243 e. The standard InChI is InChI=1S/C19H25N3O2S/c1-5-9-20-17(23)16-11-15-19(22(16)12(2)3)25-18(21-15)13-7-6-8-14(10-13)24-4/h6-8,10,12,16H,5,9,11H2,1-4H3,(H,20,23)/t16-/m1/s1. The molecule has 0 bridgehead atoms. The molecule has 0 saturated carbocycles. The summed E-state index contributed by atoms with van der Waals surface area (Å²) in [5, 5.41) is 5.11. The van der Waals surface area contributed by atoms with Crippen LogP contribution in [0.3, 0.4) is 0 Å². The average Bonchev–Trinajstić information content (AvgIpc) is 3.17. The zero-order valence-corrected chi connectivity index (χ0v) is 16.0. The second kappa shape index (κ2) is 7.44. The Morgan fingerprint density at radius 3 is 2.96 bits per heavy atom. The first-order valence-corrected chi connectivity index (χ1v) is 9.57. The molecule has 1 N–H and O–H groups in total. The van der Waals surface area contributed by atoms with Crippen molar-refractivity contribution in [2.24, 2.45) is 0 Å². The highest BCUT2D eigenvalue weighted by atomic mass is 32.1. The lowest BCUT2D eigenvalue weighted by atomic mass is 10.1. The molecule has 0 spiro atoms. The summed E-state index contributed by atoms with van der Waals surface area (Å²) in [4.78, 5) is 19.6. The fourth-order valence-corrected chi connectivity index (χ4v) is 4.43. The summed E-state index contributed by atoms with van der Waals surface area (Å²) >= 11 is 1.65. The van der Waals surface area contributed by atoms with Gasteiger partial charge in [0.25, 0.3) is 0 Å². The van der Waals surface area contributed by atoms with Crippen LogP contribution in [0, 0.1) is 0 Å². The van der Waals surface area contributed by atoms with Crippen LogP contribution < -0.4 is 15.0 Å². The van der Waals surface area contributed by atoms with Gasteiger partial charge in [-0.25, -0.2) is 4.98 Å². The van der Waals surface area contributed by atoms with Crippen LogP contribution in [0.4, 0.5) is 5.00 Å². The van der Waals surface area contributed by atoms with Crippen LogP contribution in [-0.2, 0) is 11.2 Å². The molecule has 25 heavy (non-hydrogen) atoms. The van der Waals surface area contributed by atoms with Gasteiger partial charge in [-0.05, 0) is 32.4 Å². The van der Waals surface area contributed by atoms with Gasteiger partial charge in [-0.1, -0.05) is 30.4 Å². The van der Waals surface area contributed by atoms with Gasteiger partial charge in [-0.3, -0.25) is 4.79 Å². The van der Waals surface area contributed by atoms with Crippen LogP contribution in [0.5, 0.6) is 5.75 Å². The number of carbonyl (C=O) groups excluding carboxylic acids is 1. The van der Waals surface area contributed by atoms with Gasteiger partial charge >= 0.3 is 0 Å². The van der Waals surface area contributed by atoms with E-state index in [2.05, 4.69) is 31.0 Å². The Kier molecular flexibility index (Phi) is 5.27. The summed E-state index contributed by atoms with van der Waals surface area (Å²) in [5.41, 5.74) is 2.07. The number of fused-ring (bicyclic) bond motifs is 1. The van der Waals surface area contributed by atoms with Crippen molar-refractivity contribution >= 4 is 22.2 Å². The number of thiazole rings is 1. The molecule has 1 aromatic carbocycles. The first-order valence-electron chi connectivity index (χ1n) is 8.75. The number of amides is 1. The number of rotatable bonds is 6. The molecule has 0 radical (unpaired) electrons. The molecule has 0 unspecified atom stereocenters. The molecule has 6 heteroatoms. The normalized spacial score (nSPS) is 16.2. The Bertz CT molecular complexity index is 757. The van der Waals surface area contributed by atoms with Gasteiger partial charge in [-0.2, -0.15) is 0 Å². The summed E-state index contributed by atoms with van der Waals surface area (Å²) in [5.74, 6) is 0.925. The minimum Gasteiger partial charge on any atom is -0.497 e. The number of hydrogen-bond acceptors (Lipinski definition) is 5. The fraction of sp³-hybridized carbons (Fsp3) is 0.474. The van der Waals surface area contributed by atoms with E-state index in [0.717, 1.165) is 40.0 Å². The number of anilines is 1. The Morgan fingerprint density at radius 1 is 1.48 bits per heavy atom. The molecule has 3 rings (SSSR count). The van der Waals surface area contributed by atoms with Crippen molar-refractivity contribution in [2.45, 2.75) is 45.7 Å². The Morgan fingerprint density at radius 2 is 2.28 bits per heavy atom. The lowest BCUT2D eigenvalue weighted by Gasteiger charge is -2.29. The molecule has 0 aliphatic carbocycles. The van der Waals surface area contributed by atoms with Crippen LogP contribution >= 0.6 is 11.3 Å². The number of nitrogens with one attached hydrogen (secondary N) is 1. The van der Waals surface area contributed by atoms with E-state index in [0.29, 0.717) is 6.42 Å². The van der Waals surface area contributed by atoms with E-state index in [1.807, 2.05) is 24.3 Å². The SMILES string of the molecule is CCCNC(=O)[C@H]1Cc2nc(-c3cccc(OC)c3)sc2N1C(C)C. The first kappa shape index (κ1) is 17.7. The van der Waals surface area contributed by atoms with Gasteiger partial charge in [0.15, 0.2) is 0 Å². The van der Waals surface area contributed by atoms with Gasteiger partial charge < -0.3 is 15.0 Å². The third-order valence-electron chi connectivity index (χ3n) is 4.36. The van der Waals surface area contributed by atoms with E-state index < -0.39 is 0 Å². The minimum atomic E-state index is -0.153. The monoisotopic (exact) mass is 359 g/mol. The van der Waals surface area contributed by atoms with E-state index in [1.54, 1.807) is 18.4 Å². The topological polar surface area (TPSA) is 54.5 Å². The summed E-state index contributed by atoms with van der Waals surface area (Å²) in [6, 6.07) is 8.04. The Labute approximate surface area is 153 Å². The molecule has 1 aliphatic heterocycles. The second-order valence-electron chi connectivity index (χ2n) is 6.51. The fourth-order valence-electron chi connectivity index (χ4n) is 3.16. The van der Waals surface area contributed by atoms with E-state index in [4.69, 9.17) is 9.72 Å². The molecule has 5 nitrogen and oxygen atoms in total. The largest absolute Gasteiger partial charge is 0.497 e. The summed E-state index contributed by atoms with van der Waals surface area (Å²) < 4.78 is 5.31. The van der Waals surface area contributed by atoms with E-state index in [1.165, 1.54) is 0 Å². The van der Waals surface area contributed by atoms with Crippen LogP contribution in [0.25, 0.3) is 10.6 Å². The van der Waals surface area contributed by atoms with E-state index in [-0.39, 0.29) is 18.0 Å². The molecule has 134 valence electrons. The van der Waals surface area contributed by atoms with Crippen LogP contribution in [-0.4, -0.2) is 36.6 Å². The predicted octanol–water partition coefficient (Wildman–Crippen LogP) is 3.48. The first-order chi connectivity index (χ1) is 12.0. The average molecular weight is 359 g/mol. The molecule has 0 fully saturated rings. The van der Waals surface area contributed by atoms with Gasteiger partial charge in [0.05, 0.1) is 12.8 Å². The molecule has 1 amide bonds. The number of benzene rings is 1. The zero-order valence-electron chi connectivity index (χ0n) is 15.2. The molecule has 1 aliphatic rings. The molecule has 2 aromatic rings. The number of methoxy groups -OCH3 is 1. The Balaban J connectivity index is 1.88. The van der Waals surface area contributed by atoms with Crippen LogP contribution in [0.1, 0.15) is 32.9 Å². The van der Waals surface area contributed by atoms with Gasteiger partial charge in [0, 0.05) is 24.6 Å². The maximum absolute atomic E-state index is 12.5. The van der Waals surface area contributed by atoms with Crippen molar-refractivity contribution in [3.05, 3.63) is 30.0 Å². The predicted molar refractivity (Wildman–Crippen MR) is 103 cm³/mol. The van der Waals surface area contributed by atoms with Crippen molar-refractivity contribution in [3.8, 4) is 16.3 Å². The molecule has 0 saturated heterocycles. The van der Waals surface area contributed by atoms with Crippen molar-refractivity contribution in [1.29, 1.82) is 0 Å². The van der Waals surface area contributed by atoms with Crippen LogP contribution in [0.2, 0.25) is 0 Å². The number of aromatic nitrogens is 1. The molecular weight excluding hydrogens is 334 g/mol. The van der Waals surface area contributed by atoms with Gasteiger partial charge in [-0.15, -0.1) is 0 Å². The summed E-state index contributed by atoms with van der Waals surface area (Å²) in [6.07, 6.45) is 1.61. The highest BCUT2D eigenvalue weighted by molar-refractivity contribution is 7.19. The molecule has 1 aromatic heterocycles. The third-order valence-corrected chi connectivity index (χ3v) is 5.52. The van der Waals surface area contributed by atoms with E-state index >= 15 is 0 Å². The van der Waals surface area contributed by atoms with Crippen molar-refractivity contribution in [1.82, 2.24) is 10.3 Å². The summed E-state index contributed by atoms with van der Waals surface area (Å²) in [7, 11) is 1.67. The van der Waals surface area contributed by atoms with Crippen molar-refractivity contribution in [3.63, 3.8) is 0 Å². The number of nitrogens with zero attached hydrogens (tertiary/aromatic N) is 2. The molecule has 1 atom stereocenters. The van der Waals surface area contributed by atoms with Crippen LogP contribution in [0.15, 0.2) is 24.3 Å². The number of hydrogen-bond donors (Lipinski definition) is 1. The third kappa shape index (κ3) is 3.49. The second-order valence-corrected chi connectivity index (χ2v) is 7.49. The molecule has 2 heterocycles. The van der Waals surface area contributed by atoms with E-state index in [9.17, 15) is 4.79 Å². The Hall–Kier alpha value is -2.08. The minimum absolute atomic E-state index is 0.101. The number of ether oxygens (including phenoxy) is 1. The highest BCUT2D eigenvalue weighted by Gasteiger charge is 2.38. The maximum Gasteiger partial charge on any atom is 0.243 e. The molecular formula is C19H25N3O2S. The van der Waals surface area contributed by atoms with Crippen molar-refractivity contribution in [2.75, 3.05) is 18.6 Å². The lowest BCUT2D eigenvalue weighted by molar-refractivity contribution is -0.122.